The molecule has 94 valence electrons. The summed E-state index contributed by atoms with van der Waals surface area (Å²) in [6, 6.07) is 7.91. The topological polar surface area (TPSA) is 62.1 Å². The Hall–Kier alpha value is -1.88. The van der Waals surface area contributed by atoms with Crippen molar-refractivity contribution in [1.29, 1.82) is 0 Å². The number of fused-ring (bicyclic) bond motifs is 1. The first-order valence-corrected chi connectivity index (χ1v) is 6.06. The largest absolute Gasteiger partial charge is 0.392 e. The second-order valence-corrected chi connectivity index (χ2v) is 4.78. The van der Waals surface area contributed by atoms with Gasteiger partial charge in [0.05, 0.1) is 18.0 Å². The van der Waals surface area contributed by atoms with Crippen LogP contribution in [0.15, 0.2) is 30.5 Å². The maximum Gasteiger partial charge on any atom is 0.227 e. The lowest BCUT2D eigenvalue weighted by atomic mass is 10.1. The highest BCUT2D eigenvalue weighted by Crippen LogP contribution is 2.18. The van der Waals surface area contributed by atoms with Gasteiger partial charge in [0.1, 0.15) is 0 Å². The highest BCUT2D eigenvalue weighted by atomic mass is 32.1. The van der Waals surface area contributed by atoms with Crippen LogP contribution in [-0.4, -0.2) is 34.4 Å². The summed E-state index contributed by atoms with van der Waals surface area (Å²) >= 11 is 4.79. The maximum atomic E-state index is 12.0. The zero-order valence-electron chi connectivity index (χ0n) is 10.1. The summed E-state index contributed by atoms with van der Waals surface area (Å²) in [5.41, 5.74) is 7.46. The van der Waals surface area contributed by atoms with Gasteiger partial charge in [-0.05, 0) is 11.6 Å². The predicted molar refractivity (Wildman–Crippen MR) is 76.4 cm³/mol. The van der Waals surface area contributed by atoms with E-state index in [0.717, 1.165) is 16.5 Å². The Morgan fingerprint density at radius 3 is 2.89 bits per heavy atom. The second kappa shape index (κ2) is 5.18. The smallest absolute Gasteiger partial charge is 0.227 e. The van der Waals surface area contributed by atoms with E-state index in [1.54, 1.807) is 11.9 Å². The fourth-order valence-corrected chi connectivity index (χ4v) is 2.09. The first kappa shape index (κ1) is 12.6. The SMILES string of the molecule is CN(CC(N)=S)C(=O)Cc1c[nH]c2ccccc12. The monoisotopic (exact) mass is 261 g/mol. The van der Waals surface area contributed by atoms with Crippen molar-refractivity contribution in [1.82, 2.24) is 9.88 Å². The number of benzene rings is 1. The molecule has 0 saturated carbocycles. The zero-order valence-corrected chi connectivity index (χ0v) is 11.0. The number of hydrogen-bond donors (Lipinski definition) is 2. The van der Waals surface area contributed by atoms with Crippen molar-refractivity contribution in [2.45, 2.75) is 6.42 Å². The van der Waals surface area contributed by atoms with Gasteiger partial charge in [0.2, 0.25) is 5.91 Å². The number of aromatic nitrogens is 1. The molecule has 1 amide bonds. The number of carbonyl (C=O) groups excluding carboxylic acids is 1. The van der Waals surface area contributed by atoms with Gasteiger partial charge in [-0.25, -0.2) is 0 Å². The number of hydrogen-bond acceptors (Lipinski definition) is 2. The summed E-state index contributed by atoms with van der Waals surface area (Å²) in [4.78, 5) is 17.0. The molecular formula is C13H15N3OS. The number of rotatable bonds is 4. The molecule has 18 heavy (non-hydrogen) atoms. The fraction of sp³-hybridized carbons (Fsp3) is 0.231. The molecule has 0 bridgehead atoms. The minimum Gasteiger partial charge on any atom is -0.392 e. The lowest BCUT2D eigenvalue weighted by Crippen LogP contribution is -2.35. The van der Waals surface area contributed by atoms with Crippen molar-refractivity contribution in [3.63, 3.8) is 0 Å². The van der Waals surface area contributed by atoms with E-state index in [4.69, 9.17) is 18.0 Å². The molecule has 0 aliphatic carbocycles. The summed E-state index contributed by atoms with van der Waals surface area (Å²) in [5.74, 6) is 0.00699. The van der Waals surface area contributed by atoms with Crippen LogP contribution in [-0.2, 0) is 11.2 Å². The van der Waals surface area contributed by atoms with E-state index < -0.39 is 0 Å². The van der Waals surface area contributed by atoms with Gasteiger partial charge in [-0.15, -0.1) is 0 Å². The molecule has 4 nitrogen and oxygen atoms in total. The van der Waals surface area contributed by atoms with Crippen LogP contribution in [0.25, 0.3) is 10.9 Å². The average molecular weight is 261 g/mol. The Morgan fingerprint density at radius 1 is 1.44 bits per heavy atom. The summed E-state index contributed by atoms with van der Waals surface area (Å²) in [7, 11) is 1.70. The molecule has 0 spiro atoms. The molecule has 0 unspecified atom stereocenters. The summed E-state index contributed by atoms with van der Waals surface area (Å²) in [6.45, 7) is 0.316. The van der Waals surface area contributed by atoms with Crippen LogP contribution < -0.4 is 5.73 Å². The van der Waals surface area contributed by atoms with Crippen LogP contribution in [0.5, 0.6) is 0 Å². The van der Waals surface area contributed by atoms with Gasteiger partial charge in [0, 0.05) is 24.1 Å². The third-order valence-corrected chi connectivity index (χ3v) is 2.96. The van der Waals surface area contributed by atoms with Crippen molar-refractivity contribution in [2.75, 3.05) is 13.6 Å². The quantitative estimate of drug-likeness (QED) is 0.819. The van der Waals surface area contributed by atoms with Gasteiger partial charge in [-0.1, -0.05) is 30.4 Å². The fourth-order valence-electron chi connectivity index (χ4n) is 1.90. The number of nitrogens with zero attached hydrogens (tertiary/aromatic N) is 1. The third-order valence-electron chi connectivity index (χ3n) is 2.84. The molecule has 0 aliphatic heterocycles. The Kier molecular flexibility index (Phi) is 3.62. The summed E-state index contributed by atoms with van der Waals surface area (Å²) < 4.78 is 0. The lowest BCUT2D eigenvalue weighted by Gasteiger charge is -2.15. The van der Waals surface area contributed by atoms with Gasteiger partial charge >= 0.3 is 0 Å². The molecule has 1 heterocycles. The molecule has 2 aromatic rings. The number of nitrogens with two attached hydrogens (primary N) is 1. The van der Waals surface area contributed by atoms with Gasteiger partial charge in [-0.3, -0.25) is 4.79 Å². The molecule has 1 aromatic carbocycles. The van der Waals surface area contributed by atoms with Crippen molar-refractivity contribution in [2.24, 2.45) is 5.73 Å². The molecule has 3 N–H and O–H groups in total. The summed E-state index contributed by atoms with van der Waals surface area (Å²) in [6.07, 6.45) is 2.22. The average Bonchev–Trinajstić information content (AvgIpc) is 2.72. The molecule has 5 heteroatoms. The lowest BCUT2D eigenvalue weighted by molar-refractivity contribution is -0.128. The molecule has 0 fully saturated rings. The van der Waals surface area contributed by atoms with Gasteiger partial charge in [0.15, 0.2) is 0 Å². The van der Waals surface area contributed by atoms with E-state index in [0.29, 0.717) is 18.0 Å². The van der Waals surface area contributed by atoms with Gasteiger partial charge in [-0.2, -0.15) is 0 Å². The standard InChI is InChI=1S/C13H15N3OS/c1-16(8-12(14)18)13(17)6-9-7-15-11-5-3-2-4-10(9)11/h2-5,7,15H,6,8H2,1H3,(H2,14,18). The Labute approximate surface area is 111 Å². The van der Waals surface area contributed by atoms with E-state index in [-0.39, 0.29) is 5.91 Å². The number of nitrogens with one attached hydrogen (secondary N) is 1. The number of likely N-dealkylation sites (N-methyl/N-ethyl adjacent to an activating group) is 1. The van der Waals surface area contributed by atoms with Crippen molar-refractivity contribution < 1.29 is 4.79 Å². The minimum absolute atomic E-state index is 0.00699. The number of aromatic amines is 1. The number of para-hydroxylation sites is 1. The molecule has 0 saturated heterocycles. The minimum atomic E-state index is 0.00699. The Morgan fingerprint density at radius 2 is 2.17 bits per heavy atom. The van der Waals surface area contributed by atoms with E-state index in [1.807, 2.05) is 30.5 Å². The second-order valence-electron chi connectivity index (χ2n) is 4.25. The highest BCUT2D eigenvalue weighted by Gasteiger charge is 2.12. The Balaban J connectivity index is 2.14. The predicted octanol–water partition coefficient (Wildman–Crippen LogP) is 1.45. The van der Waals surface area contributed by atoms with Crippen molar-refractivity contribution >= 4 is 34.0 Å². The van der Waals surface area contributed by atoms with Crippen LogP contribution in [0.1, 0.15) is 5.56 Å². The van der Waals surface area contributed by atoms with Crippen molar-refractivity contribution in [3.05, 3.63) is 36.0 Å². The van der Waals surface area contributed by atoms with Crippen LogP contribution in [0, 0.1) is 0 Å². The van der Waals surface area contributed by atoms with E-state index >= 15 is 0 Å². The molecule has 0 aliphatic rings. The van der Waals surface area contributed by atoms with Crippen molar-refractivity contribution in [3.8, 4) is 0 Å². The first-order chi connectivity index (χ1) is 8.58. The molecule has 1 aromatic heterocycles. The first-order valence-electron chi connectivity index (χ1n) is 5.65. The van der Waals surface area contributed by atoms with Crippen LogP contribution >= 0.6 is 12.2 Å². The number of thiocarbonyl (C=S) groups is 1. The molecular weight excluding hydrogens is 246 g/mol. The maximum absolute atomic E-state index is 12.0. The Bertz CT molecular complexity index is 591. The van der Waals surface area contributed by atoms with Crippen LogP contribution in [0.3, 0.4) is 0 Å². The van der Waals surface area contributed by atoms with Crippen LogP contribution in [0.2, 0.25) is 0 Å². The summed E-state index contributed by atoms with van der Waals surface area (Å²) in [5, 5.41) is 1.08. The van der Waals surface area contributed by atoms with Crippen LogP contribution in [0.4, 0.5) is 0 Å². The number of H-pyrrole nitrogens is 1. The zero-order chi connectivity index (χ0) is 13.1. The number of carbonyl (C=O) groups is 1. The van der Waals surface area contributed by atoms with E-state index in [2.05, 4.69) is 4.98 Å². The third kappa shape index (κ3) is 2.68. The van der Waals surface area contributed by atoms with Gasteiger partial charge in [0.25, 0.3) is 0 Å². The van der Waals surface area contributed by atoms with E-state index in [1.165, 1.54) is 0 Å². The van der Waals surface area contributed by atoms with Gasteiger partial charge < -0.3 is 15.6 Å². The van der Waals surface area contributed by atoms with E-state index in [9.17, 15) is 4.79 Å². The molecule has 2 rings (SSSR count). The highest BCUT2D eigenvalue weighted by molar-refractivity contribution is 7.80. The number of amides is 1. The molecule has 0 radical (unpaired) electrons. The molecule has 0 atom stereocenters. The normalized spacial score (nSPS) is 10.5.